The van der Waals surface area contributed by atoms with E-state index in [0.29, 0.717) is 11.3 Å². The number of carbonyl (C=O) groups excluding carboxylic acids is 1. The molecule has 7 nitrogen and oxygen atoms in total. The summed E-state index contributed by atoms with van der Waals surface area (Å²) in [6.07, 6.45) is -1.71. The zero-order valence-electron chi connectivity index (χ0n) is 17.8. The van der Waals surface area contributed by atoms with Crippen molar-refractivity contribution in [2.45, 2.75) is 39.2 Å². The van der Waals surface area contributed by atoms with Gasteiger partial charge in [-0.25, -0.2) is 14.1 Å². The quantitative estimate of drug-likeness (QED) is 0.442. The molecule has 0 saturated carbocycles. The Balaban J connectivity index is 1.48. The molecule has 0 fully saturated rings. The predicted octanol–water partition coefficient (Wildman–Crippen LogP) is 3.97. The first-order valence-electron chi connectivity index (χ1n) is 10.1. The molecule has 0 aliphatic carbocycles. The second kappa shape index (κ2) is 8.64. The molecule has 1 amide bonds. The molecule has 1 aromatic carbocycles. The maximum Gasteiger partial charge on any atom is 0.435 e. The third-order valence-corrected chi connectivity index (χ3v) is 5.06. The molecule has 3 aromatic heterocycles. The van der Waals surface area contributed by atoms with Crippen LogP contribution in [0.15, 0.2) is 48.8 Å². The zero-order chi connectivity index (χ0) is 23.8. The van der Waals surface area contributed by atoms with Crippen molar-refractivity contribution >= 4 is 16.9 Å². The first-order valence-corrected chi connectivity index (χ1v) is 10.1. The Morgan fingerprint density at radius 3 is 2.52 bits per heavy atom. The van der Waals surface area contributed by atoms with E-state index in [0.717, 1.165) is 27.3 Å². The fourth-order valence-corrected chi connectivity index (χ4v) is 3.66. The van der Waals surface area contributed by atoms with Crippen molar-refractivity contribution in [1.82, 2.24) is 29.9 Å². The smallest absolute Gasteiger partial charge is 0.350 e. The number of carbonyl (C=O) groups is 1. The summed E-state index contributed by atoms with van der Waals surface area (Å²) in [6.45, 7) is 3.42. The highest BCUT2D eigenvalue weighted by atomic mass is 19.4. The molecule has 1 atom stereocenters. The van der Waals surface area contributed by atoms with Crippen molar-refractivity contribution in [3.05, 3.63) is 66.0 Å². The molecule has 4 rings (SSSR count). The topological polar surface area (TPSA) is 77.6 Å². The number of pyridine rings is 1. The number of nitrogens with one attached hydrogen (secondary N) is 1. The van der Waals surface area contributed by atoms with Gasteiger partial charge in [0, 0.05) is 23.8 Å². The largest absolute Gasteiger partial charge is 0.435 e. The summed E-state index contributed by atoms with van der Waals surface area (Å²) in [4.78, 5) is 16.9. The van der Waals surface area contributed by atoms with Crippen LogP contribution in [0.4, 0.5) is 17.6 Å². The summed E-state index contributed by atoms with van der Waals surface area (Å²) < 4.78 is 54.0. The van der Waals surface area contributed by atoms with E-state index in [2.05, 4.69) is 20.5 Å². The number of alkyl halides is 3. The highest BCUT2D eigenvalue weighted by molar-refractivity contribution is 5.95. The van der Waals surface area contributed by atoms with Gasteiger partial charge in [-0.3, -0.25) is 9.48 Å². The Kier molecular flexibility index (Phi) is 5.88. The summed E-state index contributed by atoms with van der Waals surface area (Å²) >= 11 is 0. The Morgan fingerprint density at radius 1 is 1.12 bits per heavy atom. The van der Waals surface area contributed by atoms with Gasteiger partial charge in [-0.15, -0.1) is 0 Å². The first-order chi connectivity index (χ1) is 15.6. The lowest BCUT2D eigenvalue weighted by molar-refractivity contribution is -0.141. The number of hydrogen-bond donors (Lipinski definition) is 1. The van der Waals surface area contributed by atoms with Crippen LogP contribution in [0.3, 0.4) is 0 Å². The van der Waals surface area contributed by atoms with Crippen LogP contribution >= 0.6 is 0 Å². The molecule has 0 aliphatic heterocycles. The zero-order valence-corrected chi connectivity index (χ0v) is 17.8. The molecule has 1 N–H and O–H groups in total. The molecule has 1 unspecified atom stereocenters. The van der Waals surface area contributed by atoms with Crippen LogP contribution in [-0.2, 0) is 24.1 Å². The minimum Gasteiger partial charge on any atom is -0.350 e. The molecular weight excluding hydrogens is 440 g/mol. The number of aryl methyl sites for hydroxylation is 1. The van der Waals surface area contributed by atoms with Crippen molar-refractivity contribution in [3.63, 3.8) is 0 Å². The predicted molar refractivity (Wildman–Crippen MR) is 112 cm³/mol. The summed E-state index contributed by atoms with van der Waals surface area (Å²) in [6, 6.07) is 8.28. The standard InChI is InChI=1S/C22H20F4N6O/c1-13(11-31-10-8-18(30-31)22(24,25)26)28-19(33)12-32-21-20(14(2)29-32)17(7-9-27-21)15-3-5-16(23)6-4-15/h3-10,13H,11-12H2,1-2H3,(H,28,33). The van der Waals surface area contributed by atoms with E-state index in [1.165, 1.54) is 23.0 Å². The van der Waals surface area contributed by atoms with Crippen molar-refractivity contribution in [2.75, 3.05) is 0 Å². The van der Waals surface area contributed by atoms with Gasteiger partial charge < -0.3 is 5.32 Å². The number of nitrogens with zero attached hydrogens (tertiary/aromatic N) is 5. The highest BCUT2D eigenvalue weighted by Crippen LogP contribution is 2.30. The van der Waals surface area contributed by atoms with Gasteiger partial charge in [-0.05, 0) is 49.2 Å². The number of hydrogen-bond acceptors (Lipinski definition) is 4. The molecule has 11 heteroatoms. The third-order valence-electron chi connectivity index (χ3n) is 5.06. The summed E-state index contributed by atoms with van der Waals surface area (Å²) in [7, 11) is 0. The Bertz CT molecular complexity index is 1290. The van der Waals surface area contributed by atoms with E-state index < -0.39 is 17.9 Å². The lowest BCUT2D eigenvalue weighted by Gasteiger charge is -2.14. The third kappa shape index (κ3) is 4.86. The number of fused-ring (bicyclic) bond motifs is 1. The van der Waals surface area contributed by atoms with Crippen LogP contribution in [0.5, 0.6) is 0 Å². The first kappa shape index (κ1) is 22.4. The van der Waals surface area contributed by atoms with E-state index >= 15 is 0 Å². The molecule has 0 aliphatic rings. The van der Waals surface area contributed by atoms with Crippen LogP contribution in [0, 0.1) is 12.7 Å². The number of aromatic nitrogens is 5. The molecule has 0 saturated heterocycles. The molecule has 0 radical (unpaired) electrons. The van der Waals surface area contributed by atoms with Crippen molar-refractivity contribution in [2.24, 2.45) is 0 Å². The number of rotatable bonds is 6. The van der Waals surface area contributed by atoms with Gasteiger partial charge in [0.2, 0.25) is 5.91 Å². The monoisotopic (exact) mass is 460 g/mol. The molecule has 3 heterocycles. The minimum absolute atomic E-state index is 0.0771. The van der Waals surface area contributed by atoms with E-state index in [9.17, 15) is 22.4 Å². The fraction of sp³-hybridized carbons (Fsp3) is 0.273. The molecule has 0 spiro atoms. The molecule has 33 heavy (non-hydrogen) atoms. The summed E-state index contributed by atoms with van der Waals surface area (Å²) in [5, 5.41) is 11.4. The number of amides is 1. The van der Waals surface area contributed by atoms with Crippen LogP contribution in [0.1, 0.15) is 18.3 Å². The lowest BCUT2D eigenvalue weighted by atomic mass is 10.0. The maximum absolute atomic E-state index is 13.3. The van der Waals surface area contributed by atoms with Gasteiger partial charge in [0.25, 0.3) is 0 Å². The number of benzene rings is 1. The van der Waals surface area contributed by atoms with Crippen LogP contribution in [0.25, 0.3) is 22.2 Å². The second-order valence-electron chi connectivity index (χ2n) is 7.70. The van der Waals surface area contributed by atoms with E-state index in [-0.39, 0.29) is 24.8 Å². The van der Waals surface area contributed by atoms with Gasteiger partial charge in [-0.2, -0.15) is 23.4 Å². The Hall–Kier alpha value is -3.76. The van der Waals surface area contributed by atoms with Gasteiger partial charge in [-0.1, -0.05) is 12.1 Å². The molecule has 172 valence electrons. The molecule has 4 aromatic rings. The average molecular weight is 460 g/mol. The van der Waals surface area contributed by atoms with Crippen molar-refractivity contribution < 1.29 is 22.4 Å². The lowest BCUT2D eigenvalue weighted by Crippen LogP contribution is -2.38. The normalized spacial score (nSPS) is 12.8. The average Bonchev–Trinajstić information content (AvgIpc) is 3.33. The van der Waals surface area contributed by atoms with Gasteiger partial charge in [0.1, 0.15) is 12.4 Å². The SMILES string of the molecule is Cc1nn(CC(=O)NC(C)Cn2ccc(C(F)(F)F)n2)c2nccc(-c3ccc(F)cc3)c12. The van der Waals surface area contributed by atoms with Crippen molar-refractivity contribution in [3.8, 4) is 11.1 Å². The fourth-order valence-electron chi connectivity index (χ4n) is 3.66. The maximum atomic E-state index is 13.3. The van der Waals surface area contributed by atoms with E-state index in [4.69, 9.17) is 0 Å². The van der Waals surface area contributed by atoms with E-state index in [1.807, 2.05) is 0 Å². The number of halogens is 4. The minimum atomic E-state index is -4.52. The van der Waals surface area contributed by atoms with Crippen LogP contribution in [-0.4, -0.2) is 36.5 Å². The van der Waals surface area contributed by atoms with E-state index in [1.54, 1.807) is 38.2 Å². The van der Waals surface area contributed by atoms with Gasteiger partial charge >= 0.3 is 6.18 Å². The highest BCUT2D eigenvalue weighted by Gasteiger charge is 2.33. The second-order valence-corrected chi connectivity index (χ2v) is 7.70. The van der Waals surface area contributed by atoms with Crippen molar-refractivity contribution in [1.29, 1.82) is 0 Å². The summed E-state index contributed by atoms with van der Waals surface area (Å²) in [5.41, 5.74) is 1.79. The van der Waals surface area contributed by atoms with Crippen LogP contribution in [0.2, 0.25) is 0 Å². The Morgan fingerprint density at radius 2 is 1.85 bits per heavy atom. The Labute approximate surface area is 186 Å². The summed E-state index contributed by atoms with van der Waals surface area (Å²) in [5.74, 6) is -0.712. The van der Waals surface area contributed by atoms with Gasteiger partial charge in [0.15, 0.2) is 11.3 Å². The molecule has 0 bridgehead atoms. The van der Waals surface area contributed by atoms with Crippen LogP contribution < -0.4 is 5.32 Å². The van der Waals surface area contributed by atoms with Gasteiger partial charge in [0.05, 0.1) is 12.2 Å². The molecular formula is C22H20F4N6O.